The van der Waals surface area contributed by atoms with Crippen molar-refractivity contribution in [3.8, 4) is 0 Å². The van der Waals surface area contributed by atoms with E-state index in [2.05, 4.69) is 16.7 Å². The second kappa shape index (κ2) is 8.40. The van der Waals surface area contributed by atoms with Crippen molar-refractivity contribution in [2.45, 2.75) is 61.7 Å². The van der Waals surface area contributed by atoms with Crippen molar-refractivity contribution in [2.24, 2.45) is 0 Å². The highest BCUT2D eigenvalue weighted by Gasteiger charge is 2.42. The van der Waals surface area contributed by atoms with Gasteiger partial charge in [0.1, 0.15) is 6.54 Å². The number of rotatable bonds is 5. The third kappa shape index (κ3) is 4.50. The molecule has 2 aliphatic heterocycles. The summed E-state index contributed by atoms with van der Waals surface area (Å²) in [4.78, 5) is 15.3. The molecule has 0 radical (unpaired) electrons. The van der Waals surface area contributed by atoms with E-state index in [9.17, 15) is 4.79 Å². The third-order valence-corrected chi connectivity index (χ3v) is 6.68. The Morgan fingerprint density at radius 3 is 2.56 bits per heavy atom. The summed E-state index contributed by atoms with van der Waals surface area (Å²) in [6.45, 7) is 0.961. The molecule has 0 aliphatic carbocycles. The van der Waals surface area contributed by atoms with Crippen LogP contribution in [0.5, 0.6) is 0 Å². The number of urea groups is 1. The van der Waals surface area contributed by atoms with Crippen LogP contribution in [0.2, 0.25) is 0 Å². The molecule has 4 rings (SSSR count). The first-order valence-electron chi connectivity index (χ1n) is 9.81. The molecule has 3 N–H and O–H groups in total. The predicted molar refractivity (Wildman–Crippen MR) is 108 cm³/mol. The van der Waals surface area contributed by atoms with Gasteiger partial charge in [0.05, 0.1) is 18.3 Å². The number of amides is 2. The first-order valence-corrected chi connectivity index (χ1v) is 11.0. The fourth-order valence-corrected chi connectivity index (χ4v) is 5.09. The van der Waals surface area contributed by atoms with Gasteiger partial charge >= 0.3 is 6.03 Å². The second-order valence-electron chi connectivity index (χ2n) is 7.65. The summed E-state index contributed by atoms with van der Waals surface area (Å²) >= 11 is 1.70. The van der Waals surface area contributed by atoms with Crippen LogP contribution in [-0.2, 0) is 6.54 Å². The highest BCUT2D eigenvalue weighted by Crippen LogP contribution is 2.23. The Balaban J connectivity index is 1.33. The number of thioether (sulfide) groups is 1. The van der Waals surface area contributed by atoms with Gasteiger partial charge in [-0.1, -0.05) is 0 Å². The van der Waals surface area contributed by atoms with E-state index in [0.29, 0.717) is 12.1 Å². The van der Waals surface area contributed by atoms with Crippen LogP contribution >= 0.6 is 11.8 Å². The van der Waals surface area contributed by atoms with E-state index in [0.717, 1.165) is 30.8 Å². The molecule has 1 aromatic heterocycles. The van der Waals surface area contributed by atoms with Crippen molar-refractivity contribution in [1.29, 1.82) is 0 Å². The van der Waals surface area contributed by atoms with Crippen molar-refractivity contribution < 1.29 is 14.1 Å². The highest BCUT2D eigenvalue weighted by molar-refractivity contribution is 7.98. The molecule has 3 heterocycles. The van der Waals surface area contributed by atoms with Gasteiger partial charge in [0.15, 0.2) is 5.76 Å². The SMILES string of the molecule is CSc1ccc(NC(=O)NC2C[C@H]3CCC[C@@H](C2)[NH+]3Cc2ccco2)cc1. The molecule has 2 saturated heterocycles. The Morgan fingerprint density at radius 2 is 1.93 bits per heavy atom. The van der Waals surface area contributed by atoms with Crippen molar-refractivity contribution in [1.82, 2.24) is 5.32 Å². The number of anilines is 1. The zero-order valence-electron chi connectivity index (χ0n) is 15.7. The fraction of sp³-hybridized carbons (Fsp3) is 0.476. The van der Waals surface area contributed by atoms with Crippen molar-refractivity contribution in [2.75, 3.05) is 11.6 Å². The molecular formula is C21H28N3O2S+. The minimum absolute atomic E-state index is 0.0931. The third-order valence-electron chi connectivity index (χ3n) is 5.93. The standard InChI is InChI=1S/C21H27N3O2S/c1-27-20-9-7-15(8-10-20)22-21(25)23-16-12-17-4-2-5-18(13-16)24(17)14-19-6-3-11-26-19/h3,6-11,16-18H,2,4-5,12-14H2,1H3,(H2,22,23,25)/p+1/t16?,17-,18+. The normalized spacial score (nSPS) is 27.1. The molecule has 2 unspecified atom stereocenters. The van der Waals surface area contributed by atoms with E-state index < -0.39 is 0 Å². The summed E-state index contributed by atoms with van der Waals surface area (Å²) in [5, 5.41) is 6.18. The van der Waals surface area contributed by atoms with Crippen LogP contribution in [0.4, 0.5) is 10.5 Å². The molecule has 4 atom stereocenters. The van der Waals surface area contributed by atoms with E-state index in [1.807, 2.05) is 36.6 Å². The number of quaternary nitrogens is 1. The molecule has 0 saturated carbocycles. The minimum atomic E-state index is -0.0931. The molecule has 2 bridgehead atoms. The van der Waals surface area contributed by atoms with E-state index in [1.54, 1.807) is 22.9 Å². The lowest BCUT2D eigenvalue weighted by atomic mass is 9.81. The molecule has 5 nitrogen and oxygen atoms in total. The van der Waals surface area contributed by atoms with Gasteiger partial charge in [0, 0.05) is 29.5 Å². The predicted octanol–water partition coefficient (Wildman–Crippen LogP) is 3.29. The molecule has 2 aliphatic rings. The maximum atomic E-state index is 12.4. The number of carbonyl (C=O) groups is 1. The second-order valence-corrected chi connectivity index (χ2v) is 8.53. The van der Waals surface area contributed by atoms with Gasteiger partial charge in [-0.3, -0.25) is 0 Å². The number of hydrogen-bond donors (Lipinski definition) is 3. The first kappa shape index (κ1) is 18.4. The van der Waals surface area contributed by atoms with Gasteiger partial charge in [0.25, 0.3) is 0 Å². The Labute approximate surface area is 164 Å². The zero-order chi connectivity index (χ0) is 18.6. The Bertz CT molecular complexity index is 733. The van der Waals surface area contributed by atoms with Gasteiger partial charge in [-0.25, -0.2) is 4.79 Å². The first-order chi connectivity index (χ1) is 13.2. The molecule has 1 aromatic carbocycles. The molecule has 2 fully saturated rings. The van der Waals surface area contributed by atoms with Crippen molar-refractivity contribution >= 4 is 23.5 Å². The maximum absolute atomic E-state index is 12.4. The number of fused-ring (bicyclic) bond motifs is 2. The number of furan rings is 1. The molecule has 27 heavy (non-hydrogen) atoms. The molecule has 2 aromatic rings. The van der Waals surface area contributed by atoms with Crippen LogP contribution in [0.15, 0.2) is 52.0 Å². The van der Waals surface area contributed by atoms with Crippen molar-refractivity contribution in [3.05, 3.63) is 48.4 Å². The molecule has 0 spiro atoms. The Kier molecular flexibility index (Phi) is 5.74. The lowest BCUT2D eigenvalue weighted by Crippen LogP contribution is -3.20. The number of hydrogen-bond acceptors (Lipinski definition) is 3. The van der Waals surface area contributed by atoms with Crippen LogP contribution in [0, 0.1) is 0 Å². The van der Waals surface area contributed by atoms with Crippen LogP contribution in [0.25, 0.3) is 0 Å². The summed E-state index contributed by atoms with van der Waals surface area (Å²) in [6.07, 6.45) is 9.68. The summed E-state index contributed by atoms with van der Waals surface area (Å²) in [5.74, 6) is 1.07. The van der Waals surface area contributed by atoms with Gasteiger partial charge in [-0.15, -0.1) is 11.8 Å². The monoisotopic (exact) mass is 386 g/mol. The van der Waals surface area contributed by atoms with Gasteiger partial charge < -0.3 is 20.0 Å². The molecule has 2 amide bonds. The average Bonchev–Trinajstić information content (AvgIpc) is 3.16. The summed E-state index contributed by atoms with van der Waals surface area (Å²) < 4.78 is 5.57. The van der Waals surface area contributed by atoms with Crippen molar-refractivity contribution in [3.63, 3.8) is 0 Å². The van der Waals surface area contributed by atoms with Crippen LogP contribution in [-0.4, -0.2) is 30.4 Å². The van der Waals surface area contributed by atoms with Gasteiger partial charge in [0.2, 0.25) is 0 Å². The lowest BCUT2D eigenvalue weighted by Gasteiger charge is -2.45. The fourth-order valence-electron chi connectivity index (χ4n) is 4.68. The Hall–Kier alpha value is -1.92. The largest absolute Gasteiger partial charge is 0.463 e. The quantitative estimate of drug-likeness (QED) is 0.691. The van der Waals surface area contributed by atoms with E-state index in [1.165, 1.54) is 24.2 Å². The van der Waals surface area contributed by atoms with Crippen LogP contribution in [0.1, 0.15) is 37.9 Å². The number of piperidine rings is 2. The van der Waals surface area contributed by atoms with E-state index in [-0.39, 0.29) is 12.1 Å². The number of nitrogens with one attached hydrogen (secondary N) is 3. The van der Waals surface area contributed by atoms with E-state index in [4.69, 9.17) is 4.42 Å². The minimum Gasteiger partial charge on any atom is -0.463 e. The van der Waals surface area contributed by atoms with Gasteiger partial charge in [-0.05, 0) is 61.9 Å². The number of benzene rings is 1. The van der Waals surface area contributed by atoms with Crippen LogP contribution in [0.3, 0.4) is 0 Å². The van der Waals surface area contributed by atoms with Crippen LogP contribution < -0.4 is 15.5 Å². The van der Waals surface area contributed by atoms with Gasteiger partial charge in [-0.2, -0.15) is 0 Å². The summed E-state index contributed by atoms with van der Waals surface area (Å²) in [5.41, 5.74) is 0.839. The molecule has 6 heteroatoms. The number of carbonyl (C=O) groups excluding carboxylic acids is 1. The maximum Gasteiger partial charge on any atom is 0.319 e. The zero-order valence-corrected chi connectivity index (χ0v) is 16.6. The van der Waals surface area contributed by atoms with E-state index >= 15 is 0 Å². The molecule has 144 valence electrons. The topological polar surface area (TPSA) is 58.7 Å². The Morgan fingerprint density at radius 1 is 1.19 bits per heavy atom. The summed E-state index contributed by atoms with van der Waals surface area (Å²) in [6, 6.07) is 13.4. The lowest BCUT2D eigenvalue weighted by molar-refractivity contribution is -0.974. The highest BCUT2D eigenvalue weighted by atomic mass is 32.2. The molecular weight excluding hydrogens is 358 g/mol. The summed E-state index contributed by atoms with van der Waals surface area (Å²) in [7, 11) is 0. The average molecular weight is 387 g/mol. The smallest absolute Gasteiger partial charge is 0.319 e.